The van der Waals surface area contributed by atoms with Gasteiger partial charge in [-0.05, 0) is 6.92 Å². The first-order valence-corrected chi connectivity index (χ1v) is 7.98. The van der Waals surface area contributed by atoms with Crippen LogP contribution in [0.2, 0.25) is 0 Å². The third-order valence-electron chi connectivity index (χ3n) is 3.69. The molecule has 1 fully saturated rings. The predicted molar refractivity (Wildman–Crippen MR) is 82.4 cm³/mol. The molecule has 0 aliphatic carbocycles. The summed E-state index contributed by atoms with van der Waals surface area (Å²) in [7, 11) is 1.53. The summed E-state index contributed by atoms with van der Waals surface area (Å²) in [4.78, 5) is 43.4. The molecule has 1 unspecified atom stereocenters. The van der Waals surface area contributed by atoms with E-state index in [-0.39, 0.29) is 30.7 Å². The van der Waals surface area contributed by atoms with E-state index in [1.807, 2.05) is 12.3 Å². The molecule has 1 aliphatic heterocycles. The minimum atomic E-state index is -0.627. The van der Waals surface area contributed by atoms with E-state index in [0.29, 0.717) is 13.1 Å². The van der Waals surface area contributed by atoms with E-state index in [1.165, 1.54) is 30.2 Å². The number of rotatable bonds is 3. The van der Waals surface area contributed by atoms with E-state index in [9.17, 15) is 14.4 Å². The number of carbonyl (C=O) groups excluding carboxylic acids is 3. The Morgan fingerprint density at radius 1 is 1.41 bits per heavy atom. The Hall–Kier alpha value is -1.96. The maximum Gasteiger partial charge on any atom is 0.244 e. The number of piperazine rings is 1. The van der Waals surface area contributed by atoms with Crippen molar-refractivity contribution >= 4 is 29.1 Å². The van der Waals surface area contributed by atoms with Crippen molar-refractivity contribution in [3.8, 4) is 0 Å². The van der Waals surface area contributed by atoms with Gasteiger partial charge in [-0.1, -0.05) is 0 Å². The number of aromatic nitrogens is 1. The number of aryl methyl sites for hydroxylation is 1. The maximum absolute atomic E-state index is 12.4. The van der Waals surface area contributed by atoms with E-state index in [1.54, 1.807) is 4.90 Å². The van der Waals surface area contributed by atoms with E-state index in [4.69, 9.17) is 0 Å². The van der Waals surface area contributed by atoms with Gasteiger partial charge in [-0.25, -0.2) is 4.98 Å². The zero-order valence-corrected chi connectivity index (χ0v) is 13.8. The molecule has 1 saturated heterocycles. The first kappa shape index (κ1) is 16.4. The van der Waals surface area contributed by atoms with Gasteiger partial charge in [-0.2, -0.15) is 0 Å². The summed E-state index contributed by atoms with van der Waals surface area (Å²) in [6.45, 7) is 4.36. The number of hydrogen-bond acceptors (Lipinski definition) is 5. The Labute approximate surface area is 133 Å². The van der Waals surface area contributed by atoms with Gasteiger partial charge in [0.25, 0.3) is 0 Å². The fourth-order valence-electron chi connectivity index (χ4n) is 2.53. The Kier molecular flexibility index (Phi) is 5.12. The Balaban J connectivity index is 2.05. The summed E-state index contributed by atoms with van der Waals surface area (Å²) in [5, 5.41) is 5.34. The van der Waals surface area contributed by atoms with Gasteiger partial charge in [0.15, 0.2) is 0 Å². The number of amides is 3. The van der Waals surface area contributed by atoms with Gasteiger partial charge < -0.3 is 15.1 Å². The summed E-state index contributed by atoms with van der Waals surface area (Å²) in [5.74, 6) is -0.476. The Morgan fingerprint density at radius 3 is 2.68 bits per heavy atom. The van der Waals surface area contributed by atoms with Crippen LogP contribution in [-0.4, -0.2) is 65.2 Å². The first-order chi connectivity index (χ1) is 10.4. The summed E-state index contributed by atoms with van der Waals surface area (Å²) in [6, 6.07) is -0.627. The molecule has 1 N–H and O–H groups in total. The van der Waals surface area contributed by atoms with Gasteiger partial charge in [0.05, 0.1) is 23.7 Å². The molecule has 1 aromatic heterocycles. The van der Waals surface area contributed by atoms with Crippen LogP contribution < -0.4 is 5.32 Å². The van der Waals surface area contributed by atoms with E-state index >= 15 is 0 Å². The van der Waals surface area contributed by atoms with Crippen LogP contribution in [0.1, 0.15) is 17.6 Å². The largest absolute Gasteiger partial charge is 0.357 e. The predicted octanol–water partition coefficient (Wildman–Crippen LogP) is -0.201. The molecular weight excluding hydrogens is 304 g/mol. The lowest BCUT2D eigenvalue weighted by Crippen LogP contribution is -2.61. The lowest BCUT2D eigenvalue weighted by molar-refractivity contribution is -0.146. The monoisotopic (exact) mass is 324 g/mol. The lowest BCUT2D eigenvalue weighted by atomic mass is 10.1. The van der Waals surface area contributed by atoms with Gasteiger partial charge in [-0.15, -0.1) is 11.3 Å². The molecule has 2 rings (SSSR count). The molecule has 1 atom stereocenters. The topological polar surface area (TPSA) is 82.6 Å². The highest BCUT2D eigenvalue weighted by Gasteiger charge is 2.35. The van der Waals surface area contributed by atoms with Gasteiger partial charge in [0.2, 0.25) is 17.7 Å². The molecule has 0 bridgehead atoms. The summed E-state index contributed by atoms with van der Waals surface area (Å²) < 4.78 is 0. The Morgan fingerprint density at radius 2 is 2.14 bits per heavy atom. The van der Waals surface area contributed by atoms with Crippen LogP contribution in [0.4, 0.5) is 0 Å². The number of carbonyl (C=O) groups is 3. The van der Waals surface area contributed by atoms with Gasteiger partial charge >= 0.3 is 0 Å². The van der Waals surface area contributed by atoms with Crippen molar-refractivity contribution in [3.05, 3.63) is 16.1 Å². The summed E-state index contributed by atoms with van der Waals surface area (Å²) in [6.07, 6.45) is 0.227. The van der Waals surface area contributed by atoms with E-state index < -0.39 is 6.04 Å². The second-order valence-corrected chi connectivity index (χ2v) is 6.28. The molecule has 2 heterocycles. The minimum absolute atomic E-state index is 0.0672. The molecular formula is C14H20N4O3S. The minimum Gasteiger partial charge on any atom is -0.357 e. The highest BCUT2D eigenvalue weighted by molar-refractivity contribution is 7.09. The van der Waals surface area contributed by atoms with Crippen molar-refractivity contribution < 1.29 is 14.4 Å². The molecule has 0 radical (unpaired) electrons. The summed E-state index contributed by atoms with van der Waals surface area (Å²) >= 11 is 1.51. The fraction of sp³-hybridized carbons (Fsp3) is 0.571. The van der Waals surface area contributed by atoms with Crippen LogP contribution in [0, 0.1) is 6.92 Å². The smallest absolute Gasteiger partial charge is 0.244 e. The highest BCUT2D eigenvalue weighted by atomic mass is 32.1. The Bertz CT molecular complexity index is 586. The number of hydrogen-bond donors (Lipinski definition) is 1. The summed E-state index contributed by atoms with van der Waals surface area (Å²) in [5.41, 5.74) is 0.748. The number of thiazole rings is 1. The molecule has 1 aromatic rings. The SMILES string of the molecule is CNC(=O)C1CN(C(=O)Cc2csc(C)n2)CCN1C(C)=O. The maximum atomic E-state index is 12.4. The van der Waals surface area contributed by atoms with Gasteiger partial charge in [-0.3, -0.25) is 14.4 Å². The van der Waals surface area contributed by atoms with Crippen molar-refractivity contribution in [2.45, 2.75) is 26.3 Å². The van der Waals surface area contributed by atoms with Crippen molar-refractivity contribution in [3.63, 3.8) is 0 Å². The number of nitrogens with one attached hydrogen (secondary N) is 1. The molecule has 0 spiro atoms. The fourth-order valence-corrected chi connectivity index (χ4v) is 3.15. The van der Waals surface area contributed by atoms with Crippen molar-refractivity contribution in [1.29, 1.82) is 0 Å². The van der Waals surface area contributed by atoms with Crippen molar-refractivity contribution in [2.75, 3.05) is 26.7 Å². The molecule has 1 aliphatic rings. The van der Waals surface area contributed by atoms with Crippen LogP contribution >= 0.6 is 11.3 Å². The van der Waals surface area contributed by atoms with Crippen LogP contribution in [0.15, 0.2) is 5.38 Å². The molecule has 0 saturated carbocycles. The zero-order valence-electron chi connectivity index (χ0n) is 13.0. The quantitative estimate of drug-likeness (QED) is 0.835. The standard InChI is InChI=1S/C14H20N4O3S/c1-9-16-11(8-22-9)6-13(20)17-4-5-18(10(2)19)12(7-17)14(21)15-3/h8,12H,4-7H2,1-3H3,(H,15,21). The van der Waals surface area contributed by atoms with Crippen LogP contribution in [0.3, 0.4) is 0 Å². The highest BCUT2D eigenvalue weighted by Crippen LogP contribution is 2.14. The molecule has 0 aromatic carbocycles. The third-order valence-corrected chi connectivity index (χ3v) is 4.51. The molecule has 3 amide bonds. The molecule has 7 nitrogen and oxygen atoms in total. The van der Waals surface area contributed by atoms with E-state index in [0.717, 1.165) is 10.7 Å². The van der Waals surface area contributed by atoms with Crippen LogP contribution in [0.5, 0.6) is 0 Å². The normalized spacial score (nSPS) is 18.2. The van der Waals surface area contributed by atoms with Crippen LogP contribution in [0.25, 0.3) is 0 Å². The van der Waals surface area contributed by atoms with Crippen LogP contribution in [-0.2, 0) is 20.8 Å². The average molecular weight is 324 g/mol. The number of nitrogens with zero attached hydrogens (tertiary/aromatic N) is 3. The van der Waals surface area contributed by atoms with Crippen molar-refractivity contribution in [1.82, 2.24) is 20.1 Å². The van der Waals surface area contributed by atoms with Crippen molar-refractivity contribution in [2.24, 2.45) is 0 Å². The molecule has 8 heteroatoms. The third kappa shape index (κ3) is 3.62. The first-order valence-electron chi connectivity index (χ1n) is 7.10. The lowest BCUT2D eigenvalue weighted by Gasteiger charge is -2.39. The second kappa shape index (κ2) is 6.87. The van der Waals surface area contributed by atoms with E-state index in [2.05, 4.69) is 10.3 Å². The zero-order chi connectivity index (χ0) is 16.3. The van der Waals surface area contributed by atoms with Gasteiger partial charge in [0.1, 0.15) is 6.04 Å². The number of likely N-dealkylation sites (N-methyl/N-ethyl adjacent to an activating group) is 1. The average Bonchev–Trinajstić information content (AvgIpc) is 2.90. The molecule has 22 heavy (non-hydrogen) atoms. The molecule has 120 valence electrons. The second-order valence-electron chi connectivity index (χ2n) is 5.22. The van der Waals surface area contributed by atoms with Gasteiger partial charge in [0, 0.05) is 32.4 Å².